The molecule has 1 atom stereocenters. The second-order valence-electron chi connectivity index (χ2n) is 5.08. The average molecular weight is 244 g/mol. The predicted octanol–water partition coefficient (Wildman–Crippen LogP) is 1.84. The summed E-state index contributed by atoms with van der Waals surface area (Å²) >= 11 is 0. The summed E-state index contributed by atoms with van der Waals surface area (Å²) in [7, 11) is 0. The van der Waals surface area contributed by atoms with E-state index in [9.17, 15) is 0 Å². The van der Waals surface area contributed by atoms with Crippen LogP contribution in [0.4, 0.5) is 0 Å². The van der Waals surface area contributed by atoms with Crippen molar-refractivity contribution in [2.75, 3.05) is 0 Å². The number of benzene rings is 1. The third-order valence-corrected chi connectivity index (χ3v) is 3.86. The Balaban J connectivity index is 1.94. The van der Waals surface area contributed by atoms with Crippen molar-refractivity contribution in [3.8, 4) is 0 Å². The van der Waals surface area contributed by atoms with Crippen LogP contribution in [0.3, 0.4) is 0 Å². The van der Waals surface area contributed by atoms with Crippen molar-refractivity contribution in [2.24, 2.45) is 11.8 Å². The number of imidazole rings is 1. The van der Waals surface area contributed by atoms with Crippen LogP contribution >= 0.6 is 0 Å². The van der Waals surface area contributed by atoms with Gasteiger partial charge in [-0.3, -0.25) is 11.3 Å². The lowest BCUT2D eigenvalue weighted by molar-refractivity contribution is 0.456. The zero-order valence-corrected chi connectivity index (χ0v) is 10.8. The molecular weight excluding hydrogens is 224 g/mol. The zero-order chi connectivity index (χ0) is 12.5. The van der Waals surface area contributed by atoms with Gasteiger partial charge in [0.2, 0.25) is 0 Å². The Morgan fingerprint density at radius 3 is 2.89 bits per heavy atom. The smallest absolute Gasteiger partial charge is 0.111 e. The maximum atomic E-state index is 5.66. The molecule has 1 unspecified atom stereocenters. The van der Waals surface area contributed by atoms with Gasteiger partial charge in [-0.2, -0.15) is 0 Å². The van der Waals surface area contributed by atoms with Gasteiger partial charge < -0.3 is 4.57 Å². The van der Waals surface area contributed by atoms with E-state index < -0.39 is 0 Å². The lowest BCUT2D eigenvalue weighted by atomic mass is 10.1. The molecule has 4 heteroatoms. The molecule has 0 radical (unpaired) electrons. The number of fused-ring (bicyclic) bond motifs is 1. The first-order chi connectivity index (χ1) is 8.83. The summed E-state index contributed by atoms with van der Waals surface area (Å²) < 4.78 is 2.29. The molecule has 1 aliphatic rings. The van der Waals surface area contributed by atoms with E-state index in [1.54, 1.807) is 0 Å². The summed E-state index contributed by atoms with van der Waals surface area (Å²) in [5, 5.41) is 0. The van der Waals surface area contributed by atoms with Gasteiger partial charge in [0, 0.05) is 19.0 Å². The number of aryl methyl sites for hydroxylation is 1. The van der Waals surface area contributed by atoms with Crippen molar-refractivity contribution in [1.82, 2.24) is 15.0 Å². The van der Waals surface area contributed by atoms with Gasteiger partial charge >= 0.3 is 0 Å². The molecule has 0 amide bonds. The minimum atomic E-state index is 0.368. The summed E-state index contributed by atoms with van der Waals surface area (Å²) in [5.41, 5.74) is 5.26. The van der Waals surface area contributed by atoms with Crippen molar-refractivity contribution in [1.29, 1.82) is 0 Å². The van der Waals surface area contributed by atoms with Crippen LogP contribution < -0.4 is 11.3 Å². The molecule has 1 aliphatic carbocycles. The average Bonchev–Trinajstić information content (AvgIpc) is 3.17. The molecule has 2 aromatic rings. The van der Waals surface area contributed by atoms with Gasteiger partial charge in [-0.15, -0.1) is 0 Å². The number of para-hydroxylation sites is 2. The van der Waals surface area contributed by atoms with Gasteiger partial charge in [0.05, 0.1) is 11.0 Å². The molecule has 1 aromatic carbocycles. The standard InChI is InChI=1S/C14H20N4/c1-2-18-13-6-4-3-5-11(13)16-14(18)9-12(17-15)10-7-8-10/h3-6,10,12,17H,2,7-9,15H2,1H3. The highest BCUT2D eigenvalue weighted by atomic mass is 15.2. The Labute approximate surface area is 107 Å². The fraction of sp³-hybridized carbons (Fsp3) is 0.500. The van der Waals surface area contributed by atoms with Crippen LogP contribution in [0.15, 0.2) is 24.3 Å². The van der Waals surface area contributed by atoms with Gasteiger partial charge in [0.1, 0.15) is 5.82 Å². The number of hydrazine groups is 1. The number of nitrogens with two attached hydrogens (primary N) is 1. The second-order valence-corrected chi connectivity index (χ2v) is 5.08. The van der Waals surface area contributed by atoms with E-state index in [1.807, 2.05) is 6.07 Å². The van der Waals surface area contributed by atoms with E-state index in [4.69, 9.17) is 10.8 Å². The van der Waals surface area contributed by atoms with Crippen LogP contribution in [0.5, 0.6) is 0 Å². The third-order valence-electron chi connectivity index (χ3n) is 3.86. The molecule has 0 spiro atoms. The molecule has 18 heavy (non-hydrogen) atoms. The van der Waals surface area contributed by atoms with Gasteiger partial charge in [-0.25, -0.2) is 4.98 Å². The van der Waals surface area contributed by atoms with Gasteiger partial charge in [0.25, 0.3) is 0 Å². The van der Waals surface area contributed by atoms with Crippen molar-refractivity contribution >= 4 is 11.0 Å². The van der Waals surface area contributed by atoms with Crippen LogP contribution in [0, 0.1) is 5.92 Å². The molecule has 1 fully saturated rings. The van der Waals surface area contributed by atoms with E-state index in [0.717, 1.165) is 30.2 Å². The summed E-state index contributed by atoms with van der Waals surface area (Å²) in [6.45, 7) is 3.12. The van der Waals surface area contributed by atoms with Crippen LogP contribution in [0.1, 0.15) is 25.6 Å². The fourth-order valence-electron chi connectivity index (χ4n) is 2.69. The normalized spacial score (nSPS) is 17.2. The van der Waals surface area contributed by atoms with Crippen molar-refractivity contribution in [3.05, 3.63) is 30.1 Å². The molecule has 0 saturated heterocycles. The molecule has 1 aromatic heterocycles. The number of hydrogen-bond donors (Lipinski definition) is 2. The SMILES string of the molecule is CCn1c(CC(NN)C2CC2)nc2ccccc21. The zero-order valence-electron chi connectivity index (χ0n) is 10.8. The van der Waals surface area contributed by atoms with Gasteiger partial charge in [-0.1, -0.05) is 12.1 Å². The van der Waals surface area contributed by atoms with E-state index in [-0.39, 0.29) is 0 Å². The van der Waals surface area contributed by atoms with E-state index in [1.165, 1.54) is 18.4 Å². The maximum Gasteiger partial charge on any atom is 0.111 e. The van der Waals surface area contributed by atoms with E-state index in [0.29, 0.717) is 6.04 Å². The van der Waals surface area contributed by atoms with Crippen LogP contribution in [0.25, 0.3) is 11.0 Å². The number of nitrogens with one attached hydrogen (secondary N) is 1. The molecule has 0 bridgehead atoms. The highest BCUT2D eigenvalue weighted by Crippen LogP contribution is 2.34. The minimum absolute atomic E-state index is 0.368. The molecule has 1 heterocycles. The van der Waals surface area contributed by atoms with Crippen molar-refractivity contribution < 1.29 is 0 Å². The van der Waals surface area contributed by atoms with Crippen molar-refractivity contribution in [2.45, 2.75) is 38.8 Å². The Morgan fingerprint density at radius 2 is 2.22 bits per heavy atom. The quantitative estimate of drug-likeness (QED) is 0.623. The Kier molecular flexibility index (Phi) is 3.06. The van der Waals surface area contributed by atoms with Crippen molar-refractivity contribution in [3.63, 3.8) is 0 Å². The first kappa shape index (κ1) is 11.7. The number of rotatable bonds is 5. The van der Waals surface area contributed by atoms with Crippen LogP contribution in [-0.4, -0.2) is 15.6 Å². The van der Waals surface area contributed by atoms with E-state index in [2.05, 4.69) is 35.1 Å². The Morgan fingerprint density at radius 1 is 1.44 bits per heavy atom. The first-order valence-electron chi connectivity index (χ1n) is 6.73. The Hall–Kier alpha value is -1.39. The molecular formula is C14H20N4. The molecule has 4 nitrogen and oxygen atoms in total. The Bertz CT molecular complexity index is 542. The minimum Gasteiger partial charge on any atom is -0.328 e. The highest BCUT2D eigenvalue weighted by Gasteiger charge is 2.31. The number of aromatic nitrogens is 2. The summed E-state index contributed by atoms with van der Waals surface area (Å²) in [5.74, 6) is 7.54. The monoisotopic (exact) mass is 244 g/mol. The molecule has 0 aliphatic heterocycles. The predicted molar refractivity (Wildman–Crippen MR) is 72.9 cm³/mol. The largest absolute Gasteiger partial charge is 0.328 e. The third kappa shape index (κ3) is 2.02. The molecule has 3 N–H and O–H groups in total. The number of hydrogen-bond acceptors (Lipinski definition) is 3. The summed E-state index contributed by atoms with van der Waals surface area (Å²) in [6.07, 6.45) is 3.51. The molecule has 96 valence electrons. The van der Waals surface area contributed by atoms with E-state index >= 15 is 0 Å². The molecule has 3 rings (SSSR count). The maximum absolute atomic E-state index is 5.66. The summed E-state index contributed by atoms with van der Waals surface area (Å²) in [4.78, 5) is 4.75. The second kappa shape index (κ2) is 4.71. The first-order valence-corrected chi connectivity index (χ1v) is 6.73. The lowest BCUT2D eigenvalue weighted by Gasteiger charge is -2.15. The number of nitrogens with zero attached hydrogens (tertiary/aromatic N) is 2. The van der Waals surface area contributed by atoms with Gasteiger partial charge in [-0.05, 0) is 37.8 Å². The summed E-state index contributed by atoms with van der Waals surface area (Å²) in [6, 6.07) is 8.69. The van der Waals surface area contributed by atoms with Crippen LogP contribution in [0.2, 0.25) is 0 Å². The highest BCUT2D eigenvalue weighted by molar-refractivity contribution is 5.75. The molecule has 1 saturated carbocycles. The lowest BCUT2D eigenvalue weighted by Crippen LogP contribution is -2.39. The topological polar surface area (TPSA) is 55.9 Å². The van der Waals surface area contributed by atoms with Crippen LogP contribution in [-0.2, 0) is 13.0 Å². The van der Waals surface area contributed by atoms with Gasteiger partial charge in [0.15, 0.2) is 0 Å². The fourth-order valence-corrected chi connectivity index (χ4v) is 2.69.